The molecule has 2 saturated heterocycles. The second-order valence-electron chi connectivity index (χ2n) is 8.84. The Kier molecular flexibility index (Phi) is 7.27. The van der Waals surface area contributed by atoms with E-state index in [1.165, 1.54) is 24.9 Å². The predicted molar refractivity (Wildman–Crippen MR) is 129 cm³/mol. The molecule has 7 heteroatoms. The van der Waals surface area contributed by atoms with Crippen molar-refractivity contribution in [1.29, 1.82) is 0 Å². The summed E-state index contributed by atoms with van der Waals surface area (Å²) in [6.45, 7) is 3.36. The molecule has 0 aromatic heterocycles. The van der Waals surface area contributed by atoms with Crippen LogP contribution in [0.25, 0.3) is 0 Å². The highest BCUT2D eigenvalue weighted by Crippen LogP contribution is 2.22. The molecule has 1 N–H and O–H groups in total. The van der Waals surface area contributed by atoms with Crippen molar-refractivity contribution in [3.05, 3.63) is 59.7 Å². The van der Waals surface area contributed by atoms with E-state index in [4.69, 9.17) is 0 Å². The SMILES string of the molecule is CN(Cc1ccc(N2CCCCC2)cc1)C(=O)CNC(=O)c1ccc(N2CCCC2=O)cc1. The summed E-state index contributed by atoms with van der Waals surface area (Å²) in [6, 6.07) is 15.3. The van der Waals surface area contributed by atoms with Crippen LogP contribution in [0.1, 0.15) is 48.0 Å². The van der Waals surface area contributed by atoms with Gasteiger partial charge in [-0.1, -0.05) is 12.1 Å². The van der Waals surface area contributed by atoms with Crippen molar-refractivity contribution in [3.63, 3.8) is 0 Å². The average molecular weight is 449 g/mol. The van der Waals surface area contributed by atoms with Gasteiger partial charge in [0.2, 0.25) is 11.8 Å². The molecule has 0 aliphatic carbocycles. The lowest BCUT2D eigenvalue weighted by Crippen LogP contribution is -2.37. The number of likely N-dealkylation sites (N-methyl/N-ethyl adjacent to an activating group) is 1. The molecule has 2 aromatic carbocycles. The first-order chi connectivity index (χ1) is 16.0. The van der Waals surface area contributed by atoms with E-state index in [9.17, 15) is 14.4 Å². The van der Waals surface area contributed by atoms with Crippen LogP contribution in [0.3, 0.4) is 0 Å². The molecule has 2 fully saturated rings. The lowest BCUT2D eigenvalue weighted by atomic mass is 10.1. The zero-order valence-electron chi connectivity index (χ0n) is 19.3. The van der Waals surface area contributed by atoms with Crippen LogP contribution in [0.2, 0.25) is 0 Å². The lowest BCUT2D eigenvalue weighted by Gasteiger charge is -2.29. The van der Waals surface area contributed by atoms with Crippen LogP contribution in [0.4, 0.5) is 11.4 Å². The number of piperidine rings is 1. The number of benzene rings is 2. The summed E-state index contributed by atoms with van der Waals surface area (Å²) in [5.41, 5.74) is 3.56. The maximum Gasteiger partial charge on any atom is 0.251 e. The Labute approximate surface area is 195 Å². The third kappa shape index (κ3) is 5.72. The molecule has 7 nitrogen and oxygen atoms in total. The third-order valence-electron chi connectivity index (χ3n) is 6.42. The van der Waals surface area contributed by atoms with Crippen LogP contribution in [0.5, 0.6) is 0 Å². The van der Waals surface area contributed by atoms with E-state index < -0.39 is 0 Å². The smallest absolute Gasteiger partial charge is 0.251 e. The molecule has 0 unspecified atom stereocenters. The zero-order valence-corrected chi connectivity index (χ0v) is 19.3. The molecule has 2 aliphatic heterocycles. The summed E-state index contributed by atoms with van der Waals surface area (Å²) in [5, 5.41) is 2.70. The van der Waals surface area contributed by atoms with Crippen LogP contribution in [-0.4, -0.2) is 55.8 Å². The first kappa shape index (κ1) is 22.8. The monoisotopic (exact) mass is 448 g/mol. The van der Waals surface area contributed by atoms with Crippen LogP contribution in [0.15, 0.2) is 48.5 Å². The minimum absolute atomic E-state index is 0.0619. The Bertz CT molecular complexity index is 982. The van der Waals surface area contributed by atoms with Crippen molar-refractivity contribution in [2.24, 2.45) is 0 Å². The molecule has 174 valence electrons. The first-order valence-electron chi connectivity index (χ1n) is 11.8. The number of amides is 3. The Morgan fingerprint density at radius 3 is 2.18 bits per heavy atom. The van der Waals surface area contributed by atoms with Gasteiger partial charge in [-0.25, -0.2) is 0 Å². The second-order valence-corrected chi connectivity index (χ2v) is 8.84. The van der Waals surface area contributed by atoms with Crippen LogP contribution in [0, 0.1) is 0 Å². The van der Waals surface area contributed by atoms with Crippen LogP contribution in [-0.2, 0) is 16.1 Å². The summed E-state index contributed by atoms with van der Waals surface area (Å²) >= 11 is 0. The van der Waals surface area contributed by atoms with Crippen molar-refractivity contribution in [1.82, 2.24) is 10.2 Å². The van der Waals surface area contributed by atoms with Gasteiger partial charge >= 0.3 is 0 Å². The molecular formula is C26H32N4O3. The van der Waals surface area contributed by atoms with E-state index in [0.29, 0.717) is 25.1 Å². The minimum atomic E-state index is -0.304. The van der Waals surface area contributed by atoms with E-state index >= 15 is 0 Å². The number of nitrogens with zero attached hydrogens (tertiary/aromatic N) is 3. The van der Waals surface area contributed by atoms with E-state index in [1.807, 2.05) is 0 Å². The van der Waals surface area contributed by atoms with E-state index in [-0.39, 0.29) is 24.3 Å². The van der Waals surface area contributed by atoms with Crippen molar-refractivity contribution in [3.8, 4) is 0 Å². The fourth-order valence-electron chi connectivity index (χ4n) is 4.43. The lowest BCUT2D eigenvalue weighted by molar-refractivity contribution is -0.129. The highest BCUT2D eigenvalue weighted by atomic mass is 16.2. The van der Waals surface area contributed by atoms with Gasteiger partial charge in [-0.15, -0.1) is 0 Å². The Balaban J connectivity index is 1.25. The van der Waals surface area contributed by atoms with E-state index in [0.717, 1.165) is 30.8 Å². The number of hydrogen-bond donors (Lipinski definition) is 1. The predicted octanol–water partition coefficient (Wildman–Crippen LogP) is 3.19. The van der Waals surface area contributed by atoms with Gasteiger partial charge in [-0.2, -0.15) is 0 Å². The van der Waals surface area contributed by atoms with Crippen molar-refractivity contribution >= 4 is 29.1 Å². The third-order valence-corrected chi connectivity index (χ3v) is 6.42. The molecule has 0 radical (unpaired) electrons. The summed E-state index contributed by atoms with van der Waals surface area (Å²) in [6.07, 6.45) is 5.22. The first-order valence-corrected chi connectivity index (χ1v) is 11.8. The summed E-state index contributed by atoms with van der Waals surface area (Å²) < 4.78 is 0. The normalized spacial score (nSPS) is 16.1. The molecule has 2 aliphatic rings. The van der Waals surface area contributed by atoms with Gasteiger partial charge < -0.3 is 20.0 Å². The van der Waals surface area contributed by atoms with Gasteiger partial charge in [0.15, 0.2) is 0 Å². The Hall–Kier alpha value is -3.35. The maximum absolute atomic E-state index is 12.5. The van der Waals surface area contributed by atoms with Crippen LogP contribution < -0.4 is 15.1 Å². The molecule has 0 bridgehead atoms. The largest absolute Gasteiger partial charge is 0.372 e. The quantitative estimate of drug-likeness (QED) is 0.706. The number of carbonyl (C=O) groups excluding carboxylic acids is 3. The summed E-state index contributed by atoms with van der Waals surface area (Å²) in [4.78, 5) is 42.6. The minimum Gasteiger partial charge on any atom is -0.372 e. The number of rotatable bonds is 7. The Morgan fingerprint density at radius 1 is 0.879 bits per heavy atom. The summed E-state index contributed by atoms with van der Waals surface area (Å²) in [7, 11) is 1.74. The Morgan fingerprint density at radius 2 is 1.55 bits per heavy atom. The highest BCUT2D eigenvalue weighted by Gasteiger charge is 2.22. The fraction of sp³-hybridized carbons (Fsp3) is 0.423. The highest BCUT2D eigenvalue weighted by molar-refractivity contribution is 5.98. The van der Waals surface area contributed by atoms with E-state index in [1.54, 1.807) is 41.1 Å². The van der Waals surface area contributed by atoms with Gasteiger partial charge in [0.05, 0.1) is 6.54 Å². The molecule has 0 saturated carbocycles. The zero-order chi connectivity index (χ0) is 23.2. The molecule has 0 spiro atoms. The number of anilines is 2. The topological polar surface area (TPSA) is 73.0 Å². The van der Waals surface area contributed by atoms with Crippen molar-refractivity contribution < 1.29 is 14.4 Å². The van der Waals surface area contributed by atoms with Gasteiger partial charge in [-0.05, 0) is 67.6 Å². The molecule has 2 aromatic rings. The molecule has 4 rings (SSSR count). The van der Waals surface area contributed by atoms with Gasteiger partial charge in [0, 0.05) is 56.6 Å². The fourth-order valence-corrected chi connectivity index (χ4v) is 4.43. The molecule has 2 heterocycles. The van der Waals surface area contributed by atoms with Gasteiger partial charge in [-0.3, -0.25) is 14.4 Å². The second kappa shape index (κ2) is 10.5. The number of carbonyl (C=O) groups is 3. The van der Waals surface area contributed by atoms with Crippen LogP contribution >= 0.6 is 0 Å². The standard InChI is InChI=1S/C26H32N4O3/c1-28(19-20-7-11-22(12-8-20)29-15-3-2-4-16-29)25(32)18-27-26(33)21-9-13-23(14-10-21)30-17-5-6-24(30)31/h7-14H,2-6,15-19H2,1H3,(H,27,33). The summed E-state index contributed by atoms with van der Waals surface area (Å²) in [5.74, 6) is -0.341. The molecular weight excluding hydrogens is 416 g/mol. The van der Waals surface area contributed by atoms with Gasteiger partial charge in [0.1, 0.15) is 0 Å². The van der Waals surface area contributed by atoms with Crippen molar-refractivity contribution in [2.75, 3.05) is 43.0 Å². The van der Waals surface area contributed by atoms with Gasteiger partial charge in [0.25, 0.3) is 5.91 Å². The molecule has 0 atom stereocenters. The molecule has 33 heavy (non-hydrogen) atoms. The average Bonchev–Trinajstić information content (AvgIpc) is 3.29. The maximum atomic E-state index is 12.5. The van der Waals surface area contributed by atoms with Crippen molar-refractivity contribution in [2.45, 2.75) is 38.6 Å². The number of nitrogens with one attached hydrogen (secondary N) is 1. The van der Waals surface area contributed by atoms with E-state index in [2.05, 4.69) is 34.5 Å². The number of hydrogen-bond acceptors (Lipinski definition) is 4. The molecule has 3 amide bonds.